The van der Waals surface area contributed by atoms with Crippen molar-refractivity contribution in [1.82, 2.24) is 9.97 Å². The van der Waals surface area contributed by atoms with Crippen molar-refractivity contribution >= 4 is 17.7 Å². The van der Waals surface area contributed by atoms with Crippen molar-refractivity contribution in [1.29, 1.82) is 0 Å². The van der Waals surface area contributed by atoms with E-state index in [0.29, 0.717) is 18.6 Å². The summed E-state index contributed by atoms with van der Waals surface area (Å²) < 4.78 is 96.7. The topological polar surface area (TPSA) is 141 Å². The van der Waals surface area contributed by atoms with Crippen molar-refractivity contribution in [2.24, 2.45) is 5.73 Å². The Morgan fingerprint density at radius 1 is 1.05 bits per heavy atom. The van der Waals surface area contributed by atoms with E-state index >= 15 is 0 Å². The van der Waals surface area contributed by atoms with Gasteiger partial charge < -0.3 is 24.7 Å². The number of pyridine rings is 1. The number of aromatic carboxylic acids is 1. The zero-order valence-corrected chi connectivity index (χ0v) is 22.9. The molecule has 3 N–H and O–H groups in total. The number of carbonyl (C=O) groups is 2. The van der Waals surface area contributed by atoms with Gasteiger partial charge in [-0.25, -0.2) is 19.6 Å². The molecule has 16 heteroatoms. The maximum absolute atomic E-state index is 13.4. The van der Waals surface area contributed by atoms with Gasteiger partial charge in [-0.1, -0.05) is 6.92 Å². The highest BCUT2D eigenvalue weighted by Crippen LogP contribution is 2.43. The normalized spacial score (nSPS) is 18.7. The first kappa shape index (κ1) is 31.6. The van der Waals surface area contributed by atoms with Gasteiger partial charge in [0.05, 0.1) is 48.2 Å². The Labute approximate surface area is 240 Å². The molecule has 1 aromatic carbocycles. The van der Waals surface area contributed by atoms with Crippen molar-refractivity contribution < 1.29 is 54.9 Å². The maximum Gasteiger partial charge on any atom is 0.416 e. The molecule has 0 bridgehead atoms. The minimum atomic E-state index is -5.11. The number of ether oxygens (including phenoxy) is 2. The molecule has 0 spiro atoms. The van der Waals surface area contributed by atoms with Gasteiger partial charge in [0, 0.05) is 18.5 Å². The Morgan fingerprint density at radius 2 is 1.67 bits per heavy atom. The number of amides is 1. The van der Waals surface area contributed by atoms with E-state index in [1.54, 1.807) is 13.8 Å². The van der Waals surface area contributed by atoms with Gasteiger partial charge in [-0.15, -0.1) is 0 Å². The summed E-state index contributed by atoms with van der Waals surface area (Å²) in [6.07, 6.45) is -11.4. The molecule has 1 aliphatic rings. The molecule has 1 amide bonds. The SMILES string of the molecule is CCOC(=O)N1c2ccc(OC)nc2C(c2nc(C(=O)O)c(Cc3cc(C(F)(F)F)cc(C(F)(F)F)c3)o2)C(N)C1CC. The Morgan fingerprint density at radius 3 is 2.19 bits per heavy atom. The number of anilines is 1. The fourth-order valence-electron chi connectivity index (χ4n) is 5.01. The summed E-state index contributed by atoms with van der Waals surface area (Å²) in [5.74, 6) is -3.46. The maximum atomic E-state index is 13.4. The fourth-order valence-corrected chi connectivity index (χ4v) is 5.01. The van der Waals surface area contributed by atoms with Crippen LogP contribution in [-0.2, 0) is 23.5 Å². The molecule has 0 radical (unpaired) electrons. The summed E-state index contributed by atoms with van der Waals surface area (Å²) in [6, 6.07) is 2.16. The van der Waals surface area contributed by atoms with Gasteiger partial charge in [-0.05, 0) is 43.2 Å². The number of carboxylic acids is 1. The molecule has 2 aromatic heterocycles. The molecule has 0 fully saturated rings. The number of alkyl halides is 6. The van der Waals surface area contributed by atoms with E-state index in [1.807, 2.05) is 0 Å². The smallest absolute Gasteiger partial charge is 0.416 e. The third-order valence-electron chi connectivity index (χ3n) is 6.88. The Hall–Kier alpha value is -4.34. The van der Waals surface area contributed by atoms with Crippen LogP contribution in [0.5, 0.6) is 5.88 Å². The molecule has 10 nitrogen and oxygen atoms in total. The van der Waals surface area contributed by atoms with E-state index in [-0.39, 0.29) is 35.8 Å². The van der Waals surface area contributed by atoms with E-state index in [0.717, 1.165) is 0 Å². The monoisotopic (exact) mass is 616 g/mol. The number of benzene rings is 1. The number of carbonyl (C=O) groups excluding carboxylic acids is 1. The van der Waals surface area contributed by atoms with Gasteiger partial charge in [0.25, 0.3) is 0 Å². The fraction of sp³-hybridized carbons (Fsp3) is 0.407. The molecule has 1 aliphatic heterocycles. The highest BCUT2D eigenvalue weighted by molar-refractivity contribution is 5.90. The number of fused-ring (bicyclic) bond motifs is 1. The number of methoxy groups -OCH3 is 1. The first-order chi connectivity index (χ1) is 20.1. The molecule has 0 aliphatic carbocycles. The second kappa shape index (κ2) is 11.7. The number of halogens is 6. The molecule has 3 aromatic rings. The van der Waals surface area contributed by atoms with Gasteiger partial charge in [0.15, 0.2) is 5.69 Å². The van der Waals surface area contributed by atoms with E-state index in [2.05, 4.69) is 9.97 Å². The number of oxazole rings is 1. The molecular formula is C27H26F6N4O6. The summed E-state index contributed by atoms with van der Waals surface area (Å²) >= 11 is 0. The average Bonchev–Trinajstić information content (AvgIpc) is 3.34. The van der Waals surface area contributed by atoms with E-state index in [1.165, 1.54) is 24.1 Å². The quantitative estimate of drug-likeness (QED) is 0.324. The lowest BCUT2D eigenvalue weighted by Gasteiger charge is -2.42. The van der Waals surface area contributed by atoms with E-state index in [9.17, 15) is 41.0 Å². The van der Waals surface area contributed by atoms with Gasteiger partial charge in [0.1, 0.15) is 5.76 Å². The number of hydrogen-bond acceptors (Lipinski definition) is 8. The average molecular weight is 617 g/mol. The number of rotatable bonds is 7. The van der Waals surface area contributed by atoms with Crippen LogP contribution in [0.15, 0.2) is 34.7 Å². The van der Waals surface area contributed by atoms with Crippen LogP contribution in [0.4, 0.5) is 36.8 Å². The van der Waals surface area contributed by atoms with Crippen molar-refractivity contribution in [2.45, 2.75) is 57.0 Å². The third-order valence-corrected chi connectivity index (χ3v) is 6.88. The van der Waals surface area contributed by atoms with Crippen LogP contribution in [0.25, 0.3) is 0 Å². The molecule has 4 rings (SSSR count). The molecule has 232 valence electrons. The zero-order chi connectivity index (χ0) is 31.9. The second-order valence-electron chi connectivity index (χ2n) is 9.58. The van der Waals surface area contributed by atoms with Crippen LogP contribution in [0.1, 0.15) is 70.7 Å². The number of nitrogens with two attached hydrogens (primary N) is 1. The minimum absolute atomic E-state index is 0.0371. The first-order valence-corrected chi connectivity index (χ1v) is 12.9. The number of nitrogens with zero attached hydrogens (tertiary/aromatic N) is 3. The molecule has 3 heterocycles. The minimum Gasteiger partial charge on any atom is -0.481 e. The lowest BCUT2D eigenvalue weighted by atomic mass is 9.83. The molecular weight excluding hydrogens is 590 g/mol. The van der Waals surface area contributed by atoms with E-state index in [4.69, 9.17) is 19.6 Å². The summed E-state index contributed by atoms with van der Waals surface area (Å²) in [6.45, 7) is 3.41. The van der Waals surface area contributed by atoms with Gasteiger partial charge in [0.2, 0.25) is 11.8 Å². The van der Waals surface area contributed by atoms with Crippen LogP contribution in [-0.4, -0.2) is 52.9 Å². The molecule has 0 saturated carbocycles. The molecule has 3 unspecified atom stereocenters. The summed E-state index contributed by atoms with van der Waals surface area (Å²) in [4.78, 5) is 34.8. The van der Waals surface area contributed by atoms with Crippen LogP contribution >= 0.6 is 0 Å². The largest absolute Gasteiger partial charge is 0.481 e. The van der Waals surface area contributed by atoms with Crippen LogP contribution in [0.2, 0.25) is 0 Å². The number of hydrogen-bond donors (Lipinski definition) is 2. The van der Waals surface area contributed by atoms with Crippen molar-refractivity contribution in [3.8, 4) is 5.88 Å². The number of carboxylic acid groups (broad SMARTS) is 1. The van der Waals surface area contributed by atoms with Gasteiger partial charge >= 0.3 is 24.4 Å². The summed E-state index contributed by atoms with van der Waals surface area (Å²) in [5, 5.41) is 9.82. The first-order valence-electron chi connectivity index (χ1n) is 12.9. The van der Waals surface area contributed by atoms with Crippen LogP contribution < -0.4 is 15.4 Å². The number of aromatic nitrogens is 2. The Kier molecular flexibility index (Phi) is 8.63. The van der Waals surface area contributed by atoms with Crippen LogP contribution in [0, 0.1) is 0 Å². The third kappa shape index (κ3) is 6.23. The van der Waals surface area contributed by atoms with Crippen molar-refractivity contribution in [3.63, 3.8) is 0 Å². The standard InChI is InChI=1S/C27H26F6N4O6/c1-4-15-20(34)19(21-16(6-7-18(35-21)41-3)37(15)25(40)42-5-2)23-36-22(24(38)39)17(43-23)10-12-8-13(26(28,29)30)11-14(9-12)27(31,32)33/h6-9,11,15,19-20H,4-5,10,34H2,1-3H3,(H,38,39). The summed E-state index contributed by atoms with van der Waals surface area (Å²) in [7, 11) is 1.33. The van der Waals surface area contributed by atoms with Crippen molar-refractivity contribution in [3.05, 3.63) is 70.1 Å². The lowest BCUT2D eigenvalue weighted by Crippen LogP contribution is -2.57. The Balaban J connectivity index is 1.87. The summed E-state index contributed by atoms with van der Waals surface area (Å²) in [5.41, 5.74) is 2.54. The second-order valence-corrected chi connectivity index (χ2v) is 9.58. The predicted octanol–water partition coefficient (Wildman–Crippen LogP) is 5.62. The Bertz CT molecular complexity index is 1490. The van der Waals surface area contributed by atoms with E-state index < -0.39 is 77.0 Å². The molecule has 3 atom stereocenters. The van der Waals surface area contributed by atoms with Gasteiger partial charge in [-0.3, -0.25) is 4.90 Å². The molecule has 0 saturated heterocycles. The zero-order valence-electron chi connectivity index (χ0n) is 22.9. The predicted molar refractivity (Wildman–Crippen MR) is 137 cm³/mol. The van der Waals surface area contributed by atoms with Crippen LogP contribution in [0.3, 0.4) is 0 Å². The van der Waals surface area contributed by atoms with Crippen molar-refractivity contribution in [2.75, 3.05) is 18.6 Å². The highest BCUT2D eigenvalue weighted by atomic mass is 19.4. The van der Waals surface area contributed by atoms with Gasteiger partial charge in [-0.2, -0.15) is 26.3 Å². The lowest BCUT2D eigenvalue weighted by molar-refractivity contribution is -0.143. The molecule has 43 heavy (non-hydrogen) atoms. The highest BCUT2D eigenvalue weighted by Gasteiger charge is 2.46.